The summed E-state index contributed by atoms with van der Waals surface area (Å²) in [5.74, 6) is -0.523. The lowest BCUT2D eigenvalue weighted by molar-refractivity contribution is -0.139. The maximum absolute atomic E-state index is 13.4. The number of halogens is 2. The number of amides is 3. The Hall–Kier alpha value is -3.07. The smallest absolute Gasteiger partial charge is 0.338 e. The summed E-state index contributed by atoms with van der Waals surface area (Å²) in [6.07, 6.45) is 0. The van der Waals surface area contributed by atoms with Crippen molar-refractivity contribution in [3.05, 3.63) is 80.5 Å². The van der Waals surface area contributed by atoms with Crippen LogP contribution in [0.5, 0.6) is 0 Å². The first kappa shape index (κ1) is 28.9. The van der Waals surface area contributed by atoms with Crippen LogP contribution in [0.2, 0.25) is 10.0 Å². The lowest BCUT2D eigenvalue weighted by Crippen LogP contribution is -2.56. The largest absolute Gasteiger partial charge is 0.463 e. The van der Waals surface area contributed by atoms with Crippen LogP contribution in [-0.2, 0) is 9.53 Å². The van der Waals surface area contributed by atoms with Crippen molar-refractivity contribution in [1.82, 2.24) is 20.0 Å². The molecule has 2 atom stereocenters. The van der Waals surface area contributed by atoms with Crippen LogP contribution in [0.3, 0.4) is 0 Å². The van der Waals surface area contributed by atoms with Gasteiger partial charge in [-0.1, -0.05) is 53.0 Å². The van der Waals surface area contributed by atoms with E-state index >= 15 is 0 Å². The Bertz CT molecular complexity index is 1280. The first-order valence-electron chi connectivity index (χ1n) is 13.2. The van der Waals surface area contributed by atoms with E-state index < -0.39 is 12.0 Å². The highest BCUT2D eigenvalue weighted by atomic mass is 35.5. The number of likely N-dealkylation sites (N-methyl/N-ethyl adjacent to an activating group) is 1. The van der Waals surface area contributed by atoms with Gasteiger partial charge in [-0.25, -0.2) is 9.59 Å². The van der Waals surface area contributed by atoms with Crippen molar-refractivity contribution in [1.29, 1.82) is 0 Å². The number of carbonyl (C=O) groups is 3. The van der Waals surface area contributed by atoms with Crippen LogP contribution >= 0.6 is 23.2 Å². The quantitative estimate of drug-likeness (QED) is 0.469. The second-order valence-corrected chi connectivity index (χ2v) is 10.6. The number of hydrogen-bond donors (Lipinski definition) is 1. The van der Waals surface area contributed by atoms with Gasteiger partial charge in [0.25, 0.3) is 5.91 Å². The Morgan fingerprint density at radius 3 is 2.44 bits per heavy atom. The number of esters is 1. The Morgan fingerprint density at radius 1 is 1.08 bits per heavy atom. The van der Waals surface area contributed by atoms with E-state index in [0.29, 0.717) is 60.1 Å². The highest BCUT2D eigenvalue weighted by Crippen LogP contribution is 2.38. The fourth-order valence-corrected chi connectivity index (χ4v) is 5.60. The molecule has 2 aromatic rings. The SMILES string of the molecule is CCOC(=O)C1=C(CN2CCN(C(=O)c3ccc(C)cc3)C(C)C2)N(CC)C(=O)NC1c1cccc(Cl)c1Cl. The molecular weight excluding hydrogens is 539 g/mol. The zero-order valence-electron chi connectivity index (χ0n) is 22.7. The monoisotopic (exact) mass is 572 g/mol. The highest BCUT2D eigenvalue weighted by Gasteiger charge is 2.40. The Morgan fingerprint density at radius 2 is 1.79 bits per heavy atom. The average Bonchev–Trinajstić information content (AvgIpc) is 2.90. The topological polar surface area (TPSA) is 82.2 Å². The van der Waals surface area contributed by atoms with Gasteiger partial charge in [0.05, 0.1) is 28.3 Å². The Balaban J connectivity index is 1.65. The van der Waals surface area contributed by atoms with Gasteiger partial charge in [-0.3, -0.25) is 14.6 Å². The van der Waals surface area contributed by atoms with E-state index in [4.69, 9.17) is 27.9 Å². The molecule has 2 heterocycles. The molecular formula is C29H34Cl2N4O4. The third kappa shape index (κ3) is 6.08. The first-order valence-corrected chi connectivity index (χ1v) is 13.9. The number of piperazine rings is 1. The molecule has 0 aliphatic carbocycles. The molecule has 208 valence electrons. The van der Waals surface area contributed by atoms with E-state index in [0.717, 1.165) is 5.56 Å². The molecule has 2 aromatic carbocycles. The summed E-state index contributed by atoms with van der Waals surface area (Å²) >= 11 is 12.8. The summed E-state index contributed by atoms with van der Waals surface area (Å²) in [4.78, 5) is 45.4. The van der Waals surface area contributed by atoms with Gasteiger partial charge in [0.15, 0.2) is 0 Å². The predicted octanol–water partition coefficient (Wildman–Crippen LogP) is 5.05. The summed E-state index contributed by atoms with van der Waals surface area (Å²) in [7, 11) is 0. The van der Waals surface area contributed by atoms with Gasteiger partial charge < -0.3 is 15.0 Å². The van der Waals surface area contributed by atoms with Crippen molar-refractivity contribution < 1.29 is 19.1 Å². The van der Waals surface area contributed by atoms with Gasteiger partial charge in [0.2, 0.25) is 0 Å². The molecule has 1 fully saturated rings. The minimum absolute atomic E-state index is 0.00327. The van der Waals surface area contributed by atoms with E-state index in [-0.39, 0.29) is 29.6 Å². The van der Waals surface area contributed by atoms with Crippen molar-refractivity contribution in [2.24, 2.45) is 0 Å². The Labute approximate surface area is 239 Å². The van der Waals surface area contributed by atoms with Crippen molar-refractivity contribution in [3.63, 3.8) is 0 Å². The summed E-state index contributed by atoms with van der Waals surface area (Å²) in [6.45, 7) is 10.2. The van der Waals surface area contributed by atoms with Crippen molar-refractivity contribution in [2.45, 2.75) is 39.8 Å². The molecule has 10 heteroatoms. The van der Waals surface area contributed by atoms with E-state index in [9.17, 15) is 14.4 Å². The first-order chi connectivity index (χ1) is 18.7. The molecule has 0 saturated carbocycles. The number of nitrogens with one attached hydrogen (secondary N) is 1. The normalized spacial score (nSPS) is 20.2. The van der Waals surface area contributed by atoms with E-state index in [1.807, 2.05) is 49.9 Å². The maximum Gasteiger partial charge on any atom is 0.338 e. The molecule has 4 rings (SSSR count). The lowest BCUT2D eigenvalue weighted by Gasteiger charge is -2.43. The zero-order chi connectivity index (χ0) is 28.3. The minimum Gasteiger partial charge on any atom is -0.463 e. The van der Waals surface area contributed by atoms with Gasteiger partial charge >= 0.3 is 12.0 Å². The number of urea groups is 1. The molecule has 0 bridgehead atoms. The third-order valence-corrected chi connectivity index (χ3v) is 8.02. The van der Waals surface area contributed by atoms with Crippen LogP contribution in [0, 0.1) is 6.92 Å². The van der Waals surface area contributed by atoms with Gasteiger partial charge in [-0.05, 0) is 51.5 Å². The summed E-state index contributed by atoms with van der Waals surface area (Å²) < 4.78 is 5.46. The number of benzene rings is 2. The van der Waals surface area contributed by atoms with E-state index in [1.54, 1.807) is 30.0 Å². The molecule has 39 heavy (non-hydrogen) atoms. The lowest BCUT2D eigenvalue weighted by atomic mass is 9.93. The van der Waals surface area contributed by atoms with Crippen LogP contribution < -0.4 is 5.32 Å². The molecule has 0 spiro atoms. The summed E-state index contributed by atoms with van der Waals surface area (Å²) in [6, 6.07) is 11.5. The fraction of sp³-hybridized carbons (Fsp3) is 0.414. The van der Waals surface area contributed by atoms with Gasteiger partial charge in [-0.2, -0.15) is 0 Å². The number of aryl methyl sites for hydroxylation is 1. The Kier molecular flexibility index (Phi) is 9.20. The number of rotatable bonds is 7. The summed E-state index contributed by atoms with van der Waals surface area (Å²) in [5.41, 5.74) is 3.18. The van der Waals surface area contributed by atoms with Gasteiger partial charge in [0, 0.05) is 50.0 Å². The number of carbonyl (C=O) groups excluding carboxylic acids is 3. The van der Waals surface area contributed by atoms with Crippen LogP contribution in [0.1, 0.15) is 48.3 Å². The molecule has 2 aliphatic rings. The van der Waals surface area contributed by atoms with Crippen molar-refractivity contribution in [3.8, 4) is 0 Å². The molecule has 0 aromatic heterocycles. The third-order valence-electron chi connectivity index (χ3n) is 7.19. The van der Waals surface area contributed by atoms with Crippen molar-refractivity contribution in [2.75, 3.05) is 39.3 Å². The van der Waals surface area contributed by atoms with E-state index in [2.05, 4.69) is 10.2 Å². The second kappa shape index (κ2) is 12.4. The van der Waals surface area contributed by atoms with Gasteiger partial charge in [0.1, 0.15) is 0 Å². The average molecular weight is 574 g/mol. The van der Waals surface area contributed by atoms with Crippen molar-refractivity contribution >= 4 is 41.1 Å². The maximum atomic E-state index is 13.4. The zero-order valence-corrected chi connectivity index (χ0v) is 24.2. The minimum atomic E-state index is -0.817. The number of hydrogen-bond acceptors (Lipinski definition) is 5. The summed E-state index contributed by atoms with van der Waals surface area (Å²) in [5, 5.41) is 3.52. The van der Waals surface area contributed by atoms with Crippen LogP contribution in [0.4, 0.5) is 4.79 Å². The van der Waals surface area contributed by atoms with E-state index in [1.165, 1.54) is 0 Å². The highest BCUT2D eigenvalue weighted by molar-refractivity contribution is 6.42. The number of ether oxygens (including phenoxy) is 1. The molecule has 1 saturated heterocycles. The fourth-order valence-electron chi connectivity index (χ4n) is 5.19. The predicted molar refractivity (Wildman–Crippen MR) is 152 cm³/mol. The molecule has 8 nitrogen and oxygen atoms in total. The molecule has 3 amide bonds. The van der Waals surface area contributed by atoms with Crippen LogP contribution in [0.15, 0.2) is 53.7 Å². The van der Waals surface area contributed by atoms with Crippen LogP contribution in [0.25, 0.3) is 0 Å². The number of nitrogens with zero attached hydrogens (tertiary/aromatic N) is 3. The standard InChI is InChI=1S/C29H34Cl2N4O4/c1-5-34-23(17-33-14-15-35(19(4)16-33)27(36)20-12-10-18(3)11-13-20)24(28(37)39-6-2)26(32-29(34)38)21-8-7-9-22(30)25(21)31/h7-13,19,26H,5-6,14-17H2,1-4H3,(H,32,38). The second-order valence-electron chi connectivity index (χ2n) is 9.80. The molecule has 1 N–H and O–H groups in total. The molecule has 2 aliphatic heterocycles. The molecule has 2 unspecified atom stereocenters. The molecule has 0 radical (unpaired) electrons. The van der Waals surface area contributed by atoms with Gasteiger partial charge in [-0.15, -0.1) is 0 Å². The van der Waals surface area contributed by atoms with Crippen LogP contribution in [-0.4, -0.2) is 78.0 Å².